The summed E-state index contributed by atoms with van der Waals surface area (Å²) in [7, 11) is 0. The number of anilines is 2. The molecule has 2 rings (SSSR count). The molecule has 0 bridgehead atoms. The van der Waals surface area contributed by atoms with E-state index in [2.05, 4.69) is 4.98 Å². The third-order valence-corrected chi connectivity index (χ3v) is 2.63. The SMILES string of the molecule is CCN(c1ccc(C#N)nc1)c1ccccc1F. The van der Waals surface area contributed by atoms with Gasteiger partial charge >= 0.3 is 0 Å². The molecule has 1 aromatic carbocycles. The largest absolute Gasteiger partial charge is 0.338 e. The molecule has 0 unspecified atom stereocenters. The molecule has 0 N–H and O–H groups in total. The fourth-order valence-electron chi connectivity index (χ4n) is 1.77. The minimum atomic E-state index is -0.274. The molecule has 0 aliphatic carbocycles. The van der Waals surface area contributed by atoms with Crippen LogP contribution < -0.4 is 4.90 Å². The van der Waals surface area contributed by atoms with Crippen molar-refractivity contribution in [3.05, 3.63) is 54.1 Å². The van der Waals surface area contributed by atoms with Crippen molar-refractivity contribution in [3.63, 3.8) is 0 Å². The molecule has 0 saturated heterocycles. The van der Waals surface area contributed by atoms with Gasteiger partial charge in [0, 0.05) is 6.54 Å². The Morgan fingerprint density at radius 3 is 2.61 bits per heavy atom. The van der Waals surface area contributed by atoms with Crippen molar-refractivity contribution >= 4 is 11.4 Å². The highest BCUT2D eigenvalue weighted by atomic mass is 19.1. The Labute approximate surface area is 105 Å². The van der Waals surface area contributed by atoms with Crippen LogP contribution in [0.25, 0.3) is 0 Å². The fourth-order valence-corrected chi connectivity index (χ4v) is 1.77. The first-order valence-corrected chi connectivity index (χ1v) is 5.64. The molecule has 0 amide bonds. The van der Waals surface area contributed by atoms with E-state index in [-0.39, 0.29) is 5.82 Å². The number of hydrogen-bond acceptors (Lipinski definition) is 3. The number of nitriles is 1. The van der Waals surface area contributed by atoms with Gasteiger partial charge in [-0.05, 0) is 31.2 Å². The molecule has 3 nitrogen and oxygen atoms in total. The van der Waals surface area contributed by atoms with E-state index in [1.807, 2.05) is 17.9 Å². The van der Waals surface area contributed by atoms with Gasteiger partial charge in [-0.25, -0.2) is 9.37 Å². The average Bonchev–Trinajstić information content (AvgIpc) is 2.42. The summed E-state index contributed by atoms with van der Waals surface area (Å²) in [4.78, 5) is 5.80. The third kappa shape index (κ3) is 2.30. The number of pyridine rings is 1. The zero-order chi connectivity index (χ0) is 13.0. The van der Waals surface area contributed by atoms with E-state index < -0.39 is 0 Å². The Bertz CT molecular complexity index is 572. The second kappa shape index (κ2) is 5.28. The summed E-state index contributed by atoms with van der Waals surface area (Å²) in [5, 5.41) is 8.70. The summed E-state index contributed by atoms with van der Waals surface area (Å²) in [6.07, 6.45) is 1.58. The molecule has 0 saturated carbocycles. The second-order valence-electron chi connectivity index (χ2n) is 3.71. The van der Waals surface area contributed by atoms with Crippen molar-refractivity contribution in [1.82, 2.24) is 4.98 Å². The van der Waals surface area contributed by atoms with Crippen LogP contribution in [0.5, 0.6) is 0 Å². The highest BCUT2D eigenvalue weighted by Gasteiger charge is 2.11. The van der Waals surface area contributed by atoms with Gasteiger partial charge in [0.05, 0.1) is 17.6 Å². The number of rotatable bonds is 3. The van der Waals surface area contributed by atoms with Gasteiger partial charge < -0.3 is 4.90 Å². The number of hydrogen-bond donors (Lipinski definition) is 0. The van der Waals surface area contributed by atoms with E-state index in [1.54, 1.807) is 36.5 Å². The fraction of sp³-hybridized carbons (Fsp3) is 0.143. The van der Waals surface area contributed by atoms with Crippen LogP contribution in [0.4, 0.5) is 15.8 Å². The number of benzene rings is 1. The van der Waals surface area contributed by atoms with Crippen LogP contribution in [0.1, 0.15) is 12.6 Å². The van der Waals surface area contributed by atoms with E-state index in [0.29, 0.717) is 17.9 Å². The molecular weight excluding hydrogens is 229 g/mol. The Kier molecular flexibility index (Phi) is 3.54. The molecule has 2 aromatic rings. The zero-order valence-corrected chi connectivity index (χ0v) is 9.97. The van der Waals surface area contributed by atoms with Gasteiger partial charge in [0.2, 0.25) is 0 Å². The van der Waals surface area contributed by atoms with Crippen molar-refractivity contribution in [3.8, 4) is 6.07 Å². The molecule has 0 fully saturated rings. The lowest BCUT2D eigenvalue weighted by Gasteiger charge is -2.23. The normalized spacial score (nSPS) is 9.83. The quantitative estimate of drug-likeness (QED) is 0.828. The summed E-state index contributed by atoms with van der Waals surface area (Å²) >= 11 is 0. The topological polar surface area (TPSA) is 39.9 Å². The molecule has 18 heavy (non-hydrogen) atoms. The van der Waals surface area contributed by atoms with Crippen LogP contribution in [0, 0.1) is 17.1 Å². The Hall–Kier alpha value is -2.41. The number of nitrogens with zero attached hydrogens (tertiary/aromatic N) is 3. The van der Waals surface area contributed by atoms with Crippen molar-refractivity contribution in [1.29, 1.82) is 5.26 Å². The first kappa shape index (κ1) is 12.1. The van der Waals surface area contributed by atoms with Gasteiger partial charge in [-0.15, -0.1) is 0 Å². The van der Waals surface area contributed by atoms with Gasteiger partial charge in [-0.3, -0.25) is 0 Å². The van der Waals surface area contributed by atoms with Crippen molar-refractivity contribution in [2.75, 3.05) is 11.4 Å². The molecule has 0 radical (unpaired) electrons. The number of halogens is 1. The predicted molar refractivity (Wildman–Crippen MR) is 68.0 cm³/mol. The van der Waals surface area contributed by atoms with E-state index in [4.69, 9.17) is 5.26 Å². The Morgan fingerprint density at radius 1 is 1.28 bits per heavy atom. The molecule has 4 heteroatoms. The van der Waals surface area contributed by atoms with Gasteiger partial charge in [0.25, 0.3) is 0 Å². The van der Waals surface area contributed by atoms with Crippen LogP contribution in [-0.2, 0) is 0 Å². The lowest BCUT2D eigenvalue weighted by atomic mass is 10.2. The first-order valence-electron chi connectivity index (χ1n) is 5.64. The summed E-state index contributed by atoms with van der Waals surface area (Å²) in [6, 6.07) is 11.9. The molecule has 0 aliphatic heterocycles. The van der Waals surface area contributed by atoms with E-state index in [1.165, 1.54) is 6.07 Å². The molecule has 1 aromatic heterocycles. The van der Waals surface area contributed by atoms with Crippen molar-refractivity contribution in [2.24, 2.45) is 0 Å². The van der Waals surface area contributed by atoms with Gasteiger partial charge in [0.15, 0.2) is 0 Å². The van der Waals surface area contributed by atoms with Gasteiger partial charge in [-0.1, -0.05) is 12.1 Å². The summed E-state index contributed by atoms with van der Waals surface area (Å²) in [5.41, 5.74) is 1.62. The lowest BCUT2D eigenvalue weighted by molar-refractivity contribution is 0.625. The summed E-state index contributed by atoms with van der Waals surface area (Å²) < 4.78 is 13.7. The average molecular weight is 241 g/mol. The van der Waals surface area contributed by atoms with Crippen molar-refractivity contribution < 1.29 is 4.39 Å². The number of para-hydroxylation sites is 1. The maximum Gasteiger partial charge on any atom is 0.146 e. The molecule has 0 spiro atoms. The molecular formula is C14H12FN3. The molecule has 0 aliphatic rings. The highest BCUT2D eigenvalue weighted by molar-refractivity contribution is 5.63. The van der Waals surface area contributed by atoms with E-state index in [0.717, 1.165) is 5.69 Å². The van der Waals surface area contributed by atoms with E-state index in [9.17, 15) is 4.39 Å². The van der Waals surface area contributed by atoms with Gasteiger partial charge in [0.1, 0.15) is 17.6 Å². The lowest BCUT2D eigenvalue weighted by Crippen LogP contribution is -2.17. The smallest absolute Gasteiger partial charge is 0.146 e. The third-order valence-electron chi connectivity index (χ3n) is 2.63. The van der Waals surface area contributed by atoms with Crippen LogP contribution in [0.2, 0.25) is 0 Å². The zero-order valence-electron chi connectivity index (χ0n) is 9.97. The Balaban J connectivity index is 2.40. The van der Waals surface area contributed by atoms with E-state index >= 15 is 0 Å². The second-order valence-corrected chi connectivity index (χ2v) is 3.71. The predicted octanol–water partition coefficient (Wildman–Crippen LogP) is 3.25. The Morgan fingerprint density at radius 2 is 2.06 bits per heavy atom. The standard InChI is InChI=1S/C14H12FN3/c1-2-18(14-6-4-3-5-13(14)15)12-8-7-11(9-16)17-10-12/h3-8,10H,2H2,1H3. The maximum absolute atomic E-state index is 13.7. The van der Waals surface area contributed by atoms with Gasteiger partial charge in [-0.2, -0.15) is 5.26 Å². The van der Waals surface area contributed by atoms with Crippen molar-refractivity contribution in [2.45, 2.75) is 6.92 Å². The van der Waals surface area contributed by atoms with Crippen LogP contribution in [-0.4, -0.2) is 11.5 Å². The van der Waals surface area contributed by atoms with Crippen LogP contribution in [0.15, 0.2) is 42.6 Å². The minimum absolute atomic E-state index is 0.274. The van der Waals surface area contributed by atoms with Crippen LogP contribution >= 0.6 is 0 Å². The summed E-state index contributed by atoms with van der Waals surface area (Å²) in [6.45, 7) is 2.55. The number of aromatic nitrogens is 1. The first-order chi connectivity index (χ1) is 8.76. The molecule has 90 valence electrons. The summed E-state index contributed by atoms with van der Waals surface area (Å²) in [5.74, 6) is -0.274. The van der Waals surface area contributed by atoms with Crippen LogP contribution in [0.3, 0.4) is 0 Å². The molecule has 1 heterocycles. The monoisotopic (exact) mass is 241 g/mol. The highest BCUT2D eigenvalue weighted by Crippen LogP contribution is 2.26. The maximum atomic E-state index is 13.7. The minimum Gasteiger partial charge on any atom is -0.338 e. The molecule has 0 atom stereocenters.